The maximum absolute atomic E-state index is 8.88. The van der Waals surface area contributed by atoms with Crippen LogP contribution in [0.2, 0.25) is 0 Å². The molecular formula is C70H45N3O2. The molecule has 352 valence electrons. The predicted molar refractivity (Wildman–Crippen MR) is 313 cm³/mol. The summed E-state index contributed by atoms with van der Waals surface area (Å²) < 4.78 is 102. The first-order chi connectivity index (χ1) is 41.4. The molecule has 0 atom stereocenters. The minimum absolute atomic E-state index is 0.0719. The molecule has 0 aliphatic rings. The van der Waals surface area contributed by atoms with E-state index in [1.807, 2.05) is 127 Å². The van der Waals surface area contributed by atoms with E-state index in [-0.39, 0.29) is 35.3 Å². The Morgan fingerprint density at radius 3 is 1.33 bits per heavy atom. The van der Waals surface area contributed by atoms with Crippen molar-refractivity contribution in [3.8, 4) is 27.9 Å². The van der Waals surface area contributed by atoms with Crippen LogP contribution in [0.25, 0.3) is 104 Å². The van der Waals surface area contributed by atoms with E-state index in [9.17, 15) is 0 Å². The zero-order chi connectivity index (χ0) is 58.1. The molecular weight excluding hydrogens is 915 g/mol. The molecule has 12 aromatic carbocycles. The number of aromatic nitrogens is 1. The van der Waals surface area contributed by atoms with Crippen molar-refractivity contribution in [1.29, 1.82) is 0 Å². The summed E-state index contributed by atoms with van der Waals surface area (Å²) in [6, 6.07) is 67.1. The van der Waals surface area contributed by atoms with Gasteiger partial charge in [-0.15, -0.1) is 0 Å². The summed E-state index contributed by atoms with van der Waals surface area (Å²) in [7, 11) is 0. The second kappa shape index (κ2) is 17.3. The summed E-state index contributed by atoms with van der Waals surface area (Å²) in [6.45, 7) is 0. The van der Waals surface area contributed by atoms with Crippen molar-refractivity contribution in [2.75, 3.05) is 9.80 Å². The van der Waals surface area contributed by atoms with Gasteiger partial charge in [0.25, 0.3) is 0 Å². The highest BCUT2D eigenvalue weighted by Gasteiger charge is 2.25. The van der Waals surface area contributed by atoms with Gasteiger partial charge in [0.1, 0.15) is 11.2 Å². The van der Waals surface area contributed by atoms with E-state index >= 15 is 0 Å². The first-order valence-corrected chi connectivity index (χ1v) is 24.7. The Bertz CT molecular complexity index is 5220. The molecule has 5 nitrogen and oxygen atoms in total. The van der Waals surface area contributed by atoms with E-state index in [2.05, 4.69) is 87.2 Å². The number of furan rings is 2. The molecule has 0 aliphatic carbocycles. The van der Waals surface area contributed by atoms with Crippen molar-refractivity contribution >= 4 is 111 Å². The van der Waals surface area contributed by atoms with Crippen molar-refractivity contribution < 1.29 is 22.5 Å². The normalized spacial score (nSPS) is 13.6. The fraction of sp³-hybridized carbons (Fsp3) is 0. The molecule has 0 N–H and O–H groups in total. The largest absolute Gasteiger partial charge is 0.453 e. The summed E-state index contributed by atoms with van der Waals surface area (Å²) >= 11 is 0. The van der Waals surface area contributed by atoms with Crippen molar-refractivity contribution in [3.63, 3.8) is 0 Å². The number of anilines is 6. The minimum Gasteiger partial charge on any atom is -0.453 e. The third-order valence-corrected chi connectivity index (χ3v) is 14.3. The summed E-state index contributed by atoms with van der Waals surface area (Å²) in [5, 5.41) is 7.19. The van der Waals surface area contributed by atoms with Crippen molar-refractivity contribution in [2.45, 2.75) is 0 Å². The van der Waals surface area contributed by atoms with Gasteiger partial charge in [0.15, 0.2) is 11.2 Å². The lowest BCUT2D eigenvalue weighted by Gasteiger charge is -2.26. The highest BCUT2D eigenvalue weighted by Crippen LogP contribution is 2.48. The summed E-state index contributed by atoms with van der Waals surface area (Å²) in [5.41, 5.74) is 10.8. The molecule has 15 rings (SSSR count). The molecule has 0 unspecified atom stereocenters. The Morgan fingerprint density at radius 1 is 0.320 bits per heavy atom. The second-order valence-corrected chi connectivity index (χ2v) is 18.5. The molecule has 3 aromatic heterocycles. The number of benzene rings is 12. The zero-order valence-electron chi connectivity index (χ0n) is 49.9. The van der Waals surface area contributed by atoms with Crippen LogP contribution in [0.1, 0.15) is 13.7 Å². The standard InChI is InChI=1S/C70H45N3O2/c1-6-20-46(21-7-1)55-30-16-32-58-60-34-18-36-63(69(60)74-67(55)58)71(50-24-10-3-11-25-50)53-39-38-48-43-62-57-41-40-54(45-66(57)73(52-28-14-5-15-29-52)65(62)44-49(48)42-53)72(51-26-12-4-13-27-51)64-37-19-35-61-59-33-17-31-56(68(59)75-70(61)64)47-22-8-2-9-23-47/h1-45H/i1D,2D,6D,7D,8D,9D,20D,21D,22D,23D. The average Bonchev–Trinajstić information content (AvgIpc) is 1.93. The molecule has 0 fully saturated rings. The minimum atomic E-state index is -0.458. The number of nitrogens with zero attached hydrogens (tertiary/aromatic N) is 3. The van der Waals surface area contributed by atoms with Gasteiger partial charge >= 0.3 is 0 Å². The summed E-state index contributed by atoms with van der Waals surface area (Å²) in [6.07, 6.45) is 0. The maximum Gasteiger partial charge on any atom is 0.159 e. The zero-order valence-corrected chi connectivity index (χ0v) is 39.9. The lowest BCUT2D eigenvalue weighted by Crippen LogP contribution is -2.10. The summed E-state index contributed by atoms with van der Waals surface area (Å²) in [4.78, 5) is 4.33. The third kappa shape index (κ3) is 6.93. The van der Waals surface area contributed by atoms with Crippen LogP contribution in [0.15, 0.2) is 282 Å². The number of rotatable bonds is 9. The Morgan fingerprint density at radius 2 is 0.787 bits per heavy atom. The van der Waals surface area contributed by atoms with Crippen LogP contribution in [-0.2, 0) is 0 Å². The van der Waals surface area contributed by atoms with Crippen LogP contribution in [0.3, 0.4) is 0 Å². The molecule has 0 aliphatic heterocycles. The number of para-hydroxylation sites is 7. The van der Waals surface area contributed by atoms with E-state index in [0.29, 0.717) is 33.5 Å². The SMILES string of the molecule is [2H]c1c([2H])c([2H])c(-c2cccc3c2oc2c(N(c4ccccc4)c4ccc5cc6c7ccc(N(c8ccccc8)c8cccc9c8oc8c(-c%10c([2H])c([2H])c([2H])c([2H])c%10[2H])cccc89)cc7n(-c7ccccc7)c6cc5c4)cccc23)c([2H])c1[2H]. The monoisotopic (exact) mass is 969 g/mol. The molecule has 75 heavy (non-hydrogen) atoms. The fourth-order valence-corrected chi connectivity index (χ4v) is 11.0. The van der Waals surface area contributed by atoms with Crippen LogP contribution < -0.4 is 9.80 Å². The van der Waals surface area contributed by atoms with E-state index < -0.39 is 36.3 Å². The first-order valence-electron chi connectivity index (χ1n) is 29.7. The molecule has 0 amide bonds. The third-order valence-electron chi connectivity index (χ3n) is 14.3. The molecule has 0 saturated heterocycles. The lowest BCUT2D eigenvalue weighted by atomic mass is 10.0. The summed E-state index contributed by atoms with van der Waals surface area (Å²) in [5.74, 6) is 0. The maximum atomic E-state index is 8.88. The van der Waals surface area contributed by atoms with Gasteiger partial charge in [0.05, 0.1) is 36.1 Å². The Balaban J connectivity index is 0.911. The Labute approximate surface area is 446 Å². The molecule has 0 radical (unpaired) electrons. The van der Waals surface area contributed by atoms with Crippen LogP contribution >= 0.6 is 0 Å². The Kier molecular flexibility index (Phi) is 7.73. The predicted octanol–water partition coefficient (Wildman–Crippen LogP) is 20.0. The molecule has 15 aromatic rings. The topological polar surface area (TPSA) is 37.7 Å². The van der Waals surface area contributed by atoms with E-state index in [1.165, 1.54) is 0 Å². The number of hydrogen-bond donors (Lipinski definition) is 0. The smallest absolute Gasteiger partial charge is 0.159 e. The molecule has 0 bridgehead atoms. The van der Waals surface area contributed by atoms with E-state index in [0.717, 1.165) is 93.9 Å². The molecule has 3 heterocycles. The molecule has 5 heteroatoms. The van der Waals surface area contributed by atoms with E-state index in [1.54, 1.807) is 12.1 Å². The van der Waals surface area contributed by atoms with Crippen molar-refractivity contribution in [1.82, 2.24) is 4.57 Å². The quantitative estimate of drug-likeness (QED) is 0.144. The van der Waals surface area contributed by atoms with Gasteiger partial charge in [-0.2, -0.15) is 0 Å². The molecule has 0 spiro atoms. The van der Waals surface area contributed by atoms with Crippen LogP contribution in [0.5, 0.6) is 0 Å². The van der Waals surface area contributed by atoms with Gasteiger partial charge in [-0.1, -0.05) is 188 Å². The van der Waals surface area contributed by atoms with Crippen LogP contribution in [0.4, 0.5) is 34.1 Å². The van der Waals surface area contributed by atoms with Crippen molar-refractivity contribution in [3.05, 3.63) is 273 Å². The second-order valence-electron chi connectivity index (χ2n) is 18.5. The van der Waals surface area contributed by atoms with Gasteiger partial charge in [0.2, 0.25) is 0 Å². The van der Waals surface area contributed by atoms with Gasteiger partial charge in [0, 0.05) is 71.9 Å². The first kappa shape index (κ1) is 33.5. The van der Waals surface area contributed by atoms with Gasteiger partial charge in [-0.3, -0.25) is 0 Å². The van der Waals surface area contributed by atoms with Gasteiger partial charge in [-0.25, -0.2) is 0 Å². The molecule has 0 saturated carbocycles. The van der Waals surface area contributed by atoms with Gasteiger partial charge < -0.3 is 23.2 Å². The highest BCUT2D eigenvalue weighted by atomic mass is 16.3. The van der Waals surface area contributed by atoms with E-state index in [4.69, 9.17) is 22.5 Å². The van der Waals surface area contributed by atoms with Crippen molar-refractivity contribution in [2.24, 2.45) is 0 Å². The number of hydrogen-bond acceptors (Lipinski definition) is 4. The Hall–Kier alpha value is -10.1. The average molecular weight is 970 g/mol. The van der Waals surface area contributed by atoms with Crippen LogP contribution in [-0.4, -0.2) is 4.57 Å². The van der Waals surface area contributed by atoms with Crippen LogP contribution in [0, 0.1) is 0 Å². The number of fused-ring (bicyclic) bond motifs is 10. The highest BCUT2D eigenvalue weighted by molar-refractivity contribution is 6.17. The lowest BCUT2D eigenvalue weighted by molar-refractivity contribution is 0.670. The fourth-order valence-electron chi connectivity index (χ4n) is 11.0. The van der Waals surface area contributed by atoms with Gasteiger partial charge in [-0.05, 0) is 107 Å².